The van der Waals surface area contributed by atoms with Gasteiger partial charge in [-0.1, -0.05) is 69.2 Å². The minimum Gasteiger partial charge on any atom is -0.347 e. The number of nitrogens with zero attached hydrogens (tertiary/aromatic N) is 3. The van der Waals surface area contributed by atoms with Crippen LogP contribution in [0.25, 0.3) is 11.3 Å². The Balaban J connectivity index is 1.46. The van der Waals surface area contributed by atoms with Gasteiger partial charge in [0.15, 0.2) is 0 Å². The first kappa shape index (κ1) is 34.0. The molecule has 2 aliphatic heterocycles. The molecule has 0 unspecified atom stereocenters. The van der Waals surface area contributed by atoms with Crippen molar-refractivity contribution in [2.45, 2.75) is 98.2 Å². The first-order valence-electron chi connectivity index (χ1n) is 17.7. The van der Waals surface area contributed by atoms with Gasteiger partial charge in [0.1, 0.15) is 0 Å². The van der Waals surface area contributed by atoms with E-state index in [9.17, 15) is 13.2 Å². The van der Waals surface area contributed by atoms with Crippen LogP contribution < -0.4 is 4.72 Å². The fraction of sp³-hybridized carbons (Fsp3) is 0.425. The van der Waals surface area contributed by atoms with Crippen molar-refractivity contribution in [2.24, 2.45) is 7.05 Å². The fourth-order valence-corrected chi connectivity index (χ4v) is 8.78. The van der Waals surface area contributed by atoms with Gasteiger partial charge in [0, 0.05) is 55.2 Å². The highest BCUT2D eigenvalue weighted by atomic mass is 32.2. The molecule has 8 heteroatoms. The number of carbonyl (C=O) groups excluding carboxylic acids is 1. The number of aromatic nitrogens is 1. The second-order valence-corrected chi connectivity index (χ2v) is 15.3. The maximum absolute atomic E-state index is 14.9. The van der Waals surface area contributed by atoms with Gasteiger partial charge >= 0.3 is 10.2 Å². The van der Waals surface area contributed by atoms with Crippen LogP contribution in [0.2, 0.25) is 0 Å². The number of amides is 1. The van der Waals surface area contributed by atoms with Gasteiger partial charge in [0.25, 0.3) is 5.91 Å². The molecule has 0 aliphatic carbocycles. The zero-order valence-corrected chi connectivity index (χ0v) is 30.0. The highest BCUT2D eigenvalue weighted by molar-refractivity contribution is 7.90. The van der Waals surface area contributed by atoms with E-state index in [2.05, 4.69) is 68.3 Å². The zero-order valence-electron chi connectivity index (χ0n) is 29.2. The van der Waals surface area contributed by atoms with Crippen LogP contribution in [-0.2, 0) is 56.0 Å². The van der Waals surface area contributed by atoms with Gasteiger partial charge in [0.05, 0.1) is 5.69 Å². The molecule has 3 aromatic carbocycles. The molecule has 6 rings (SSSR count). The molecule has 0 saturated carbocycles. The van der Waals surface area contributed by atoms with Crippen molar-refractivity contribution in [3.8, 4) is 11.3 Å². The van der Waals surface area contributed by atoms with E-state index in [-0.39, 0.29) is 18.5 Å². The molecule has 1 atom stereocenters. The molecular weight excluding hydrogens is 617 g/mol. The molecule has 1 N–H and O–H groups in total. The fourth-order valence-electron chi connectivity index (χ4n) is 7.57. The Hall–Kier alpha value is -3.88. The molecule has 254 valence electrons. The summed E-state index contributed by atoms with van der Waals surface area (Å²) in [4.78, 5) is 16.9. The van der Waals surface area contributed by atoms with E-state index in [0.717, 1.165) is 67.3 Å². The maximum Gasteiger partial charge on any atom is 0.301 e. The SMILES string of the molecule is CCCCc1c(CCCC)c(-c2cc3c(cc2C(=O)N2Cc4ccccc4C[C@H]2C)CN(S(=O)(=O)Nc2ccccc2)CC3)n(C)c1C. The van der Waals surface area contributed by atoms with Gasteiger partial charge in [-0.15, -0.1) is 0 Å². The third-order valence-electron chi connectivity index (χ3n) is 10.4. The smallest absolute Gasteiger partial charge is 0.301 e. The van der Waals surface area contributed by atoms with Crippen LogP contribution in [0.3, 0.4) is 0 Å². The van der Waals surface area contributed by atoms with Crippen LogP contribution in [0.4, 0.5) is 5.69 Å². The molecule has 0 spiro atoms. The summed E-state index contributed by atoms with van der Waals surface area (Å²) < 4.78 is 33.6. The summed E-state index contributed by atoms with van der Waals surface area (Å²) in [6, 6.07) is 21.7. The van der Waals surface area contributed by atoms with Gasteiger partial charge in [-0.05, 0) is 110 Å². The summed E-state index contributed by atoms with van der Waals surface area (Å²) >= 11 is 0. The van der Waals surface area contributed by atoms with Crippen LogP contribution in [0.1, 0.15) is 95.9 Å². The molecule has 48 heavy (non-hydrogen) atoms. The lowest BCUT2D eigenvalue weighted by Gasteiger charge is -2.36. The lowest BCUT2D eigenvalue weighted by molar-refractivity contribution is 0.0659. The van der Waals surface area contributed by atoms with Gasteiger partial charge < -0.3 is 9.47 Å². The summed E-state index contributed by atoms with van der Waals surface area (Å²) in [7, 11) is -1.64. The Morgan fingerprint density at radius 1 is 0.854 bits per heavy atom. The largest absolute Gasteiger partial charge is 0.347 e. The summed E-state index contributed by atoms with van der Waals surface area (Å²) in [5.74, 6) is 0.00703. The molecule has 0 saturated heterocycles. The standard InChI is InChI=1S/C40H50N4O3S/c1-6-8-19-35-29(4)42(5)39(36(35)20-9-7-2)37-24-31-21-22-43(48(46,47)41-34-17-11-10-12-18-34)26-33(31)25-38(37)40(45)44-27-32-16-14-13-15-30(32)23-28(44)3/h10-18,24-25,28,41H,6-9,19-23,26-27H2,1-5H3/t28-/m1/s1. The second kappa shape index (κ2) is 14.3. The molecule has 3 heterocycles. The summed E-state index contributed by atoms with van der Waals surface area (Å²) in [6.07, 6.45) is 7.85. The first-order valence-corrected chi connectivity index (χ1v) is 19.1. The second-order valence-electron chi connectivity index (χ2n) is 13.6. The number of para-hydroxylation sites is 1. The van der Waals surface area contributed by atoms with Gasteiger partial charge in [0.2, 0.25) is 0 Å². The Bertz CT molecular complexity index is 1900. The number of unbranched alkanes of at least 4 members (excludes halogenated alkanes) is 2. The number of rotatable bonds is 11. The van der Waals surface area contributed by atoms with Crippen molar-refractivity contribution < 1.29 is 13.2 Å². The predicted octanol–water partition coefficient (Wildman–Crippen LogP) is 7.99. The summed E-state index contributed by atoms with van der Waals surface area (Å²) in [5, 5.41) is 0. The number of benzene rings is 3. The quantitative estimate of drug-likeness (QED) is 0.176. The summed E-state index contributed by atoms with van der Waals surface area (Å²) in [6.45, 7) is 9.98. The Labute approximate surface area is 287 Å². The molecule has 4 aromatic rings. The maximum atomic E-state index is 14.9. The molecule has 0 fully saturated rings. The number of fused-ring (bicyclic) bond motifs is 2. The van der Waals surface area contributed by atoms with Crippen LogP contribution in [0, 0.1) is 6.92 Å². The first-order chi connectivity index (χ1) is 23.1. The topological polar surface area (TPSA) is 74.7 Å². The number of hydrogen-bond acceptors (Lipinski definition) is 3. The third kappa shape index (κ3) is 6.70. The monoisotopic (exact) mass is 666 g/mol. The average molecular weight is 667 g/mol. The number of nitrogens with one attached hydrogen (secondary N) is 1. The van der Waals surface area contributed by atoms with Crippen LogP contribution in [0.15, 0.2) is 66.7 Å². The van der Waals surface area contributed by atoms with Crippen molar-refractivity contribution >= 4 is 21.8 Å². The van der Waals surface area contributed by atoms with Crippen LogP contribution in [-0.4, -0.2) is 40.7 Å². The van der Waals surface area contributed by atoms with Crippen molar-refractivity contribution in [2.75, 3.05) is 11.3 Å². The molecule has 2 aliphatic rings. The number of anilines is 1. The van der Waals surface area contributed by atoms with Crippen molar-refractivity contribution in [3.05, 3.63) is 111 Å². The van der Waals surface area contributed by atoms with E-state index < -0.39 is 10.2 Å². The van der Waals surface area contributed by atoms with Gasteiger partial charge in [-0.2, -0.15) is 12.7 Å². The van der Waals surface area contributed by atoms with Gasteiger partial charge in [-0.25, -0.2) is 0 Å². The normalized spacial score (nSPS) is 16.4. The van der Waals surface area contributed by atoms with Crippen molar-refractivity contribution in [1.29, 1.82) is 0 Å². The van der Waals surface area contributed by atoms with E-state index in [1.54, 1.807) is 12.1 Å². The van der Waals surface area contributed by atoms with Gasteiger partial charge in [-0.3, -0.25) is 9.52 Å². The molecule has 1 amide bonds. The van der Waals surface area contributed by atoms with Crippen LogP contribution in [0.5, 0.6) is 0 Å². The molecule has 1 aromatic heterocycles. The molecule has 0 bridgehead atoms. The van der Waals surface area contributed by atoms with Crippen molar-refractivity contribution in [1.82, 2.24) is 13.8 Å². The highest BCUT2D eigenvalue weighted by Crippen LogP contribution is 2.39. The van der Waals surface area contributed by atoms with Crippen molar-refractivity contribution in [3.63, 3.8) is 0 Å². The van der Waals surface area contributed by atoms with E-state index >= 15 is 0 Å². The number of hydrogen-bond donors (Lipinski definition) is 1. The third-order valence-corrected chi connectivity index (χ3v) is 11.9. The lowest BCUT2D eigenvalue weighted by atomic mass is 9.88. The minimum absolute atomic E-state index is 0.00703. The summed E-state index contributed by atoms with van der Waals surface area (Å²) in [5.41, 5.74) is 11.9. The average Bonchev–Trinajstić information content (AvgIpc) is 3.32. The van der Waals surface area contributed by atoms with E-state index in [4.69, 9.17) is 0 Å². The predicted molar refractivity (Wildman–Crippen MR) is 195 cm³/mol. The van der Waals surface area contributed by atoms with E-state index in [1.165, 1.54) is 32.3 Å². The Morgan fingerprint density at radius 2 is 1.52 bits per heavy atom. The van der Waals surface area contributed by atoms with Crippen LogP contribution >= 0.6 is 0 Å². The lowest BCUT2D eigenvalue weighted by Crippen LogP contribution is -2.43. The minimum atomic E-state index is -3.79. The molecule has 7 nitrogen and oxygen atoms in total. The Kier molecular flexibility index (Phi) is 10.1. The van der Waals surface area contributed by atoms with E-state index in [1.807, 2.05) is 35.2 Å². The Morgan fingerprint density at radius 3 is 2.23 bits per heavy atom. The number of carbonyl (C=O) groups is 1. The zero-order chi connectivity index (χ0) is 34.0. The molecular formula is C40H50N4O3S. The molecule has 0 radical (unpaired) electrons. The highest BCUT2D eigenvalue weighted by Gasteiger charge is 2.34. The van der Waals surface area contributed by atoms with E-state index in [0.29, 0.717) is 30.8 Å².